The van der Waals surface area contributed by atoms with Gasteiger partial charge in [-0.2, -0.15) is 0 Å². The Kier molecular flexibility index (Phi) is 6.89. The number of carbonyl (C=O) groups excluding carboxylic acids is 4. The molecular weight excluding hydrogens is 382 g/mol. The summed E-state index contributed by atoms with van der Waals surface area (Å²) >= 11 is 0. The van der Waals surface area contributed by atoms with Crippen molar-refractivity contribution in [3.63, 3.8) is 0 Å². The van der Waals surface area contributed by atoms with Gasteiger partial charge in [-0.15, -0.1) is 0 Å². The Balaban J connectivity index is 2.23. The molecule has 1 saturated heterocycles. The molecule has 1 aliphatic rings. The van der Waals surface area contributed by atoms with Crippen LogP contribution in [-0.2, 0) is 19.0 Å². The van der Waals surface area contributed by atoms with Gasteiger partial charge < -0.3 is 14.2 Å². The molecule has 29 heavy (non-hydrogen) atoms. The summed E-state index contributed by atoms with van der Waals surface area (Å²) in [5.74, 6) is -2.03. The van der Waals surface area contributed by atoms with Gasteiger partial charge in [0.2, 0.25) is 0 Å². The van der Waals surface area contributed by atoms with Crippen molar-refractivity contribution in [2.24, 2.45) is 0 Å². The van der Waals surface area contributed by atoms with E-state index >= 15 is 0 Å². The summed E-state index contributed by atoms with van der Waals surface area (Å²) in [4.78, 5) is 50.8. The van der Waals surface area contributed by atoms with Gasteiger partial charge in [0.05, 0.1) is 19.3 Å². The van der Waals surface area contributed by atoms with E-state index in [0.29, 0.717) is 19.4 Å². The van der Waals surface area contributed by atoms with Crippen molar-refractivity contribution in [2.45, 2.75) is 52.2 Å². The lowest BCUT2D eigenvalue weighted by atomic mass is 10.2. The van der Waals surface area contributed by atoms with E-state index in [2.05, 4.69) is 10.2 Å². The number of hydrogen-bond acceptors (Lipinski definition) is 7. The van der Waals surface area contributed by atoms with Gasteiger partial charge in [0.1, 0.15) is 11.6 Å². The van der Waals surface area contributed by atoms with Crippen molar-refractivity contribution in [1.29, 1.82) is 0 Å². The average Bonchev–Trinajstić information content (AvgIpc) is 3.27. The molecule has 1 aromatic rings. The topological polar surface area (TPSA) is 116 Å². The molecular formula is C19H27N3O7. The van der Waals surface area contributed by atoms with Gasteiger partial charge in [-0.25, -0.2) is 14.4 Å². The van der Waals surface area contributed by atoms with Crippen molar-refractivity contribution in [2.75, 3.05) is 25.7 Å². The van der Waals surface area contributed by atoms with Crippen molar-refractivity contribution < 1.29 is 33.4 Å². The van der Waals surface area contributed by atoms with E-state index in [1.54, 1.807) is 27.7 Å². The average molecular weight is 409 g/mol. The molecule has 0 aliphatic carbocycles. The Labute approximate surface area is 169 Å². The van der Waals surface area contributed by atoms with Gasteiger partial charge in [-0.1, -0.05) is 0 Å². The van der Waals surface area contributed by atoms with Crippen LogP contribution in [0.15, 0.2) is 12.3 Å². The molecule has 0 unspecified atom stereocenters. The fraction of sp³-hybridized carbons (Fsp3) is 0.579. The number of nitrogens with one attached hydrogen (secondary N) is 1. The van der Waals surface area contributed by atoms with Crippen LogP contribution in [0.4, 0.5) is 4.79 Å². The summed E-state index contributed by atoms with van der Waals surface area (Å²) in [7, 11) is 1.18. The number of amides is 2. The Morgan fingerprint density at radius 1 is 1.21 bits per heavy atom. The normalized spacial score (nSPS) is 16.3. The van der Waals surface area contributed by atoms with E-state index < -0.39 is 35.6 Å². The molecule has 10 heteroatoms. The van der Waals surface area contributed by atoms with E-state index in [0.717, 1.165) is 4.68 Å². The molecule has 0 aromatic carbocycles. The number of esters is 2. The summed E-state index contributed by atoms with van der Waals surface area (Å²) in [5, 5.41) is 0. The first-order chi connectivity index (χ1) is 13.6. The number of nitrogens with zero attached hydrogens (tertiary/aromatic N) is 2. The minimum atomic E-state index is -0.784. The monoisotopic (exact) mass is 409 g/mol. The first-order valence-electron chi connectivity index (χ1n) is 9.36. The first kappa shape index (κ1) is 22.3. The minimum absolute atomic E-state index is 0.0401. The summed E-state index contributed by atoms with van der Waals surface area (Å²) < 4.78 is 16.1. The number of aromatic nitrogens is 1. The Hall–Kier alpha value is -3.04. The maximum atomic E-state index is 12.8. The molecule has 1 aliphatic heterocycles. The number of carbonyl (C=O) groups is 4. The highest BCUT2D eigenvalue weighted by atomic mass is 16.6. The quantitative estimate of drug-likeness (QED) is 0.583. The minimum Gasteiger partial charge on any atom is -0.465 e. The van der Waals surface area contributed by atoms with Crippen LogP contribution in [0.2, 0.25) is 0 Å². The lowest BCUT2D eigenvalue weighted by Crippen LogP contribution is -2.47. The van der Waals surface area contributed by atoms with E-state index in [1.807, 2.05) is 0 Å². The number of hydrogen-bond donors (Lipinski definition) is 1. The zero-order valence-corrected chi connectivity index (χ0v) is 17.3. The lowest BCUT2D eigenvalue weighted by molar-refractivity contribution is -0.121. The van der Waals surface area contributed by atoms with E-state index in [-0.39, 0.29) is 17.9 Å². The van der Waals surface area contributed by atoms with Gasteiger partial charge in [-0.05, 0) is 46.6 Å². The molecule has 1 N–H and O–H groups in total. The van der Waals surface area contributed by atoms with Crippen molar-refractivity contribution in [1.82, 2.24) is 9.58 Å². The van der Waals surface area contributed by atoms with Crippen LogP contribution in [0.1, 0.15) is 61.4 Å². The zero-order chi connectivity index (χ0) is 21.8. The van der Waals surface area contributed by atoms with E-state index in [9.17, 15) is 19.2 Å². The third-order valence-corrected chi connectivity index (χ3v) is 4.17. The molecule has 2 heterocycles. The second-order valence-electron chi connectivity index (χ2n) is 7.47. The van der Waals surface area contributed by atoms with Crippen LogP contribution >= 0.6 is 0 Å². The predicted molar refractivity (Wildman–Crippen MR) is 102 cm³/mol. The van der Waals surface area contributed by atoms with Gasteiger partial charge in [0, 0.05) is 12.7 Å². The molecule has 0 radical (unpaired) electrons. The summed E-state index contributed by atoms with van der Waals surface area (Å²) in [5.41, 5.74) is 1.67. The third kappa shape index (κ3) is 5.27. The molecule has 10 nitrogen and oxygen atoms in total. The highest BCUT2D eigenvalue weighted by Crippen LogP contribution is 2.22. The largest absolute Gasteiger partial charge is 0.465 e. The van der Waals surface area contributed by atoms with E-state index in [1.165, 1.54) is 24.3 Å². The van der Waals surface area contributed by atoms with E-state index in [4.69, 9.17) is 9.47 Å². The molecule has 1 aromatic heterocycles. The molecule has 1 atom stereocenters. The number of methoxy groups -OCH3 is 1. The van der Waals surface area contributed by atoms with Crippen LogP contribution in [0, 0.1) is 0 Å². The van der Waals surface area contributed by atoms with Gasteiger partial charge in [0.25, 0.3) is 5.91 Å². The Morgan fingerprint density at radius 2 is 1.90 bits per heavy atom. The number of ether oxygens (including phenoxy) is 3. The van der Waals surface area contributed by atoms with Gasteiger partial charge in [-0.3, -0.25) is 19.8 Å². The molecule has 160 valence electrons. The first-order valence-corrected chi connectivity index (χ1v) is 9.36. The smallest absolute Gasteiger partial charge is 0.410 e. The fourth-order valence-corrected chi connectivity index (χ4v) is 2.98. The summed E-state index contributed by atoms with van der Waals surface area (Å²) in [6.07, 6.45) is 1.86. The molecule has 0 bridgehead atoms. The molecule has 2 amide bonds. The van der Waals surface area contributed by atoms with Gasteiger partial charge >= 0.3 is 18.0 Å². The lowest BCUT2D eigenvalue weighted by Gasteiger charge is -2.28. The highest BCUT2D eigenvalue weighted by Gasteiger charge is 2.37. The second-order valence-corrected chi connectivity index (χ2v) is 7.47. The number of likely N-dealkylation sites (tertiary alicyclic amines) is 1. The van der Waals surface area contributed by atoms with Gasteiger partial charge in [0.15, 0.2) is 5.69 Å². The van der Waals surface area contributed by atoms with Crippen molar-refractivity contribution in [3.05, 3.63) is 23.5 Å². The third-order valence-electron chi connectivity index (χ3n) is 4.17. The van der Waals surface area contributed by atoms with Crippen molar-refractivity contribution in [3.8, 4) is 0 Å². The molecule has 1 fully saturated rings. The standard InChI is InChI=1S/C19H27N3O7/c1-6-28-17(25)14-12(16(24)27-5)9-11-22(14)20-15(23)13-8-7-10-21(13)18(26)29-19(2,3)4/h9,11,13H,6-8,10H2,1-5H3,(H,20,23)/t13-/m0/s1. The maximum absolute atomic E-state index is 12.8. The van der Waals surface area contributed by atoms with Crippen LogP contribution in [0.5, 0.6) is 0 Å². The van der Waals surface area contributed by atoms with Crippen LogP contribution in [0.25, 0.3) is 0 Å². The number of rotatable bonds is 5. The Morgan fingerprint density at radius 3 is 2.48 bits per heavy atom. The highest BCUT2D eigenvalue weighted by molar-refractivity contribution is 6.03. The summed E-state index contributed by atoms with van der Waals surface area (Å²) in [6, 6.07) is 0.586. The predicted octanol–water partition coefficient (Wildman–Crippen LogP) is 1.92. The SMILES string of the molecule is CCOC(=O)c1c(C(=O)OC)ccn1NC(=O)[C@@H]1CCCN1C(=O)OC(C)(C)C. The van der Waals surface area contributed by atoms with Crippen molar-refractivity contribution >= 4 is 23.9 Å². The summed E-state index contributed by atoms with van der Waals surface area (Å²) in [6.45, 7) is 7.34. The molecule has 0 spiro atoms. The fourth-order valence-electron chi connectivity index (χ4n) is 2.98. The maximum Gasteiger partial charge on any atom is 0.410 e. The zero-order valence-electron chi connectivity index (χ0n) is 17.3. The van der Waals surface area contributed by atoms with Crippen LogP contribution in [0.3, 0.4) is 0 Å². The van der Waals surface area contributed by atoms with Crippen LogP contribution < -0.4 is 5.43 Å². The van der Waals surface area contributed by atoms with Crippen LogP contribution in [-0.4, -0.2) is 65.4 Å². The molecule has 2 rings (SSSR count). The Bertz CT molecular complexity index is 794. The molecule has 0 saturated carbocycles. The second kappa shape index (κ2) is 8.97.